The van der Waals surface area contributed by atoms with Crippen molar-refractivity contribution in [3.63, 3.8) is 0 Å². The van der Waals surface area contributed by atoms with Crippen LogP contribution in [0.4, 0.5) is 0 Å². The number of rotatable bonds is 6. The molecule has 0 saturated carbocycles. The van der Waals surface area contributed by atoms with Gasteiger partial charge in [0.2, 0.25) is 0 Å². The van der Waals surface area contributed by atoms with Crippen molar-refractivity contribution in [1.29, 1.82) is 0 Å². The van der Waals surface area contributed by atoms with Crippen molar-refractivity contribution in [2.75, 3.05) is 14.2 Å². The summed E-state index contributed by atoms with van der Waals surface area (Å²) in [5, 5.41) is 0. The first-order valence-corrected chi connectivity index (χ1v) is 7.44. The number of carbonyl (C=O) groups is 1. The zero-order valence-electron chi connectivity index (χ0n) is 13.0. The van der Waals surface area contributed by atoms with E-state index in [4.69, 9.17) is 14.2 Å². The summed E-state index contributed by atoms with van der Waals surface area (Å²) in [6, 6.07) is 10.3. The van der Waals surface area contributed by atoms with E-state index in [0.29, 0.717) is 6.42 Å². The van der Waals surface area contributed by atoms with Crippen molar-refractivity contribution in [1.82, 2.24) is 0 Å². The quantitative estimate of drug-likeness (QED) is 0.756. The Hall–Kier alpha value is -1.39. The summed E-state index contributed by atoms with van der Waals surface area (Å²) in [5.74, 6) is 0.151. The zero-order valence-corrected chi connectivity index (χ0v) is 13.0. The summed E-state index contributed by atoms with van der Waals surface area (Å²) in [6.07, 6.45) is 2.00. The van der Waals surface area contributed by atoms with Gasteiger partial charge in [-0.15, -0.1) is 0 Å². The van der Waals surface area contributed by atoms with Crippen LogP contribution in [0.15, 0.2) is 30.3 Å². The van der Waals surface area contributed by atoms with Crippen molar-refractivity contribution in [2.24, 2.45) is 11.8 Å². The minimum absolute atomic E-state index is 0.0317. The lowest BCUT2D eigenvalue weighted by atomic mass is 9.86. The monoisotopic (exact) mass is 292 g/mol. The maximum atomic E-state index is 11.6. The Labute approximate surface area is 126 Å². The maximum absolute atomic E-state index is 11.6. The van der Waals surface area contributed by atoms with Crippen LogP contribution in [-0.4, -0.2) is 32.6 Å². The smallest absolute Gasteiger partial charge is 0.305 e. The number of hydrogen-bond acceptors (Lipinski definition) is 4. The summed E-state index contributed by atoms with van der Waals surface area (Å²) in [6.45, 7) is 2.07. The van der Waals surface area contributed by atoms with E-state index in [9.17, 15) is 4.79 Å². The Bertz CT molecular complexity index is 445. The Morgan fingerprint density at radius 3 is 2.57 bits per heavy atom. The lowest BCUT2D eigenvalue weighted by Gasteiger charge is -2.19. The summed E-state index contributed by atoms with van der Waals surface area (Å²) in [4.78, 5) is 11.6. The van der Waals surface area contributed by atoms with Gasteiger partial charge in [-0.25, -0.2) is 0 Å². The number of benzene rings is 1. The first kappa shape index (κ1) is 16.0. The molecule has 0 spiro atoms. The average Bonchev–Trinajstić information content (AvgIpc) is 2.82. The van der Waals surface area contributed by atoms with Gasteiger partial charge in [-0.1, -0.05) is 37.3 Å². The molecule has 0 radical (unpaired) electrons. The normalized spacial score (nSPS) is 28.5. The second-order valence-electron chi connectivity index (χ2n) is 5.61. The molecule has 4 heteroatoms. The molecule has 0 unspecified atom stereocenters. The molecule has 2 rings (SSSR count). The minimum Gasteiger partial charge on any atom is -0.469 e. The average molecular weight is 292 g/mol. The van der Waals surface area contributed by atoms with E-state index < -0.39 is 0 Å². The molecule has 21 heavy (non-hydrogen) atoms. The Kier molecular flexibility index (Phi) is 5.76. The van der Waals surface area contributed by atoms with Crippen molar-refractivity contribution in [2.45, 2.75) is 38.6 Å². The van der Waals surface area contributed by atoms with Crippen molar-refractivity contribution in [3.8, 4) is 0 Å². The van der Waals surface area contributed by atoms with Gasteiger partial charge >= 0.3 is 5.97 Å². The van der Waals surface area contributed by atoms with Crippen LogP contribution in [0.25, 0.3) is 0 Å². The molecule has 4 nitrogen and oxygen atoms in total. The van der Waals surface area contributed by atoms with Gasteiger partial charge in [-0.3, -0.25) is 4.79 Å². The molecule has 0 aromatic heterocycles. The van der Waals surface area contributed by atoms with E-state index in [1.165, 1.54) is 12.7 Å². The molecule has 1 aromatic rings. The van der Waals surface area contributed by atoms with Crippen LogP contribution in [0, 0.1) is 11.8 Å². The number of carbonyl (C=O) groups excluding carboxylic acids is 1. The summed E-state index contributed by atoms with van der Waals surface area (Å²) in [7, 11) is 3.07. The van der Waals surface area contributed by atoms with Gasteiger partial charge in [-0.2, -0.15) is 0 Å². The summed E-state index contributed by atoms with van der Waals surface area (Å²) < 4.78 is 16.2. The Morgan fingerprint density at radius 2 is 1.95 bits per heavy atom. The Balaban J connectivity index is 1.99. The first-order chi connectivity index (χ1) is 10.2. The highest BCUT2D eigenvalue weighted by Gasteiger charge is 2.42. The lowest BCUT2D eigenvalue weighted by molar-refractivity contribution is -0.142. The van der Waals surface area contributed by atoms with E-state index in [-0.39, 0.29) is 30.2 Å². The number of hydrogen-bond donors (Lipinski definition) is 0. The maximum Gasteiger partial charge on any atom is 0.305 e. The molecule has 116 valence electrons. The van der Waals surface area contributed by atoms with E-state index >= 15 is 0 Å². The van der Waals surface area contributed by atoms with Gasteiger partial charge in [0.15, 0.2) is 6.29 Å². The molecule has 1 heterocycles. The van der Waals surface area contributed by atoms with Gasteiger partial charge in [0.25, 0.3) is 0 Å². The molecule has 1 aliphatic rings. The molecule has 4 atom stereocenters. The van der Waals surface area contributed by atoms with Gasteiger partial charge in [0, 0.05) is 18.9 Å². The number of aryl methyl sites for hydroxylation is 1. The molecule has 1 aliphatic heterocycles. The fraction of sp³-hybridized carbons (Fsp3) is 0.588. The molecule has 1 aromatic carbocycles. The van der Waals surface area contributed by atoms with Crippen LogP contribution >= 0.6 is 0 Å². The van der Waals surface area contributed by atoms with Gasteiger partial charge in [0.1, 0.15) is 0 Å². The van der Waals surface area contributed by atoms with E-state index in [2.05, 4.69) is 19.1 Å². The fourth-order valence-electron chi connectivity index (χ4n) is 3.04. The molecule has 1 saturated heterocycles. The highest BCUT2D eigenvalue weighted by molar-refractivity contribution is 5.69. The number of ether oxygens (including phenoxy) is 3. The van der Waals surface area contributed by atoms with Crippen LogP contribution in [-0.2, 0) is 25.4 Å². The third-order valence-corrected chi connectivity index (χ3v) is 4.31. The summed E-state index contributed by atoms with van der Waals surface area (Å²) in [5.41, 5.74) is 1.28. The predicted molar refractivity (Wildman–Crippen MR) is 79.7 cm³/mol. The van der Waals surface area contributed by atoms with Crippen LogP contribution in [0.2, 0.25) is 0 Å². The fourth-order valence-corrected chi connectivity index (χ4v) is 3.04. The Morgan fingerprint density at radius 1 is 1.24 bits per heavy atom. The van der Waals surface area contributed by atoms with Crippen molar-refractivity contribution in [3.05, 3.63) is 35.9 Å². The summed E-state index contributed by atoms with van der Waals surface area (Å²) >= 11 is 0. The van der Waals surface area contributed by atoms with E-state index in [1.54, 1.807) is 7.11 Å². The van der Waals surface area contributed by atoms with E-state index in [1.807, 2.05) is 18.2 Å². The van der Waals surface area contributed by atoms with Gasteiger partial charge < -0.3 is 14.2 Å². The van der Waals surface area contributed by atoms with Crippen LogP contribution < -0.4 is 0 Å². The lowest BCUT2D eigenvalue weighted by Crippen LogP contribution is -2.24. The van der Waals surface area contributed by atoms with Crippen LogP contribution in [0.5, 0.6) is 0 Å². The molecule has 0 N–H and O–H groups in total. The zero-order chi connectivity index (χ0) is 15.2. The number of methoxy groups -OCH3 is 2. The molecule has 0 bridgehead atoms. The molecule has 1 fully saturated rings. The third kappa shape index (κ3) is 4.05. The molecule has 0 aliphatic carbocycles. The van der Waals surface area contributed by atoms with Gasteiger partial charge in [0.05, 0.1) is 19.6 Å². The first-order valence-electron chi connectivity index (χ1n) is 7.44. The molecular weight excluding hydrogens is 268 g/mol. The molecule has 0 amide bonds. The SMILES string of the molecule is COC(=O)C[C@@H]1[C@@H](C)[C@@H](OC)O[C@@H]1CCc1ccccc1. The largest absolute Gasteiger partial charge is 0.469 e. The van der Waals surface area contributed by atoms with Crippen molar-refractivity contribution >= 4 is 5.97 Å². The topological polar surface area (TPSA) is 44.8 Å². The highest BCUT2D eigenvalue weighted by atomic mass is 16.7. The molecular formula is C17H24O4. The predicted octanol–water partition coefficient (Wildman–Crippen LogP) is 2.81. The van der Waals surface area contributed by atoms with Crippen molar-refractivity contribution < 1.29 is 19.0 Å². The number of esters is 1. The second kappa shape index (κ2) is 7.57. The third-order valence-electron chi connectivity index (χ3n) is 4.31. The highest BCUT2D eigenvalue weighted by Crippen LogP contribution is 2.37. The van der Waals surface area contributed by atoms with Crippen LogP contribution in [0.3, 0.4) is 0 Å². The van der Waals surface area contributed by atoms with Gasteiger partial charge in [-0.05, 0) is 18.4 Å². The van der Waals surface area contributed by atoms with Crippen LogP contribution in [0.1, 0.15) is 25.3 Å². The second-order valence-corrected chi connectivity index (χ2v) is 5.61. The standard InChI is InChI=1S/C17H24O4/c1-12-14(11-16(18)19-2)15(21-17(12)20-3)10-9-13-7-5-4-6-8-13/h4-8,12,14-15,17H,9-11H2,1-3H3/t12-,14-,15-,17+/m1/s1. The van der Waals surface area contributed by atoms with E-state index in [0.717, 1.165) is 12.8 Å². The minimum atomic E-state index is -0.236.